The first-order valence-corrected chi connectivity index (χ1v) is 11.0. The minimum Gasteiger partial charge on any atom is -0.360 e. The molecule has 0 fully saturated rings. The molecule has 2 heterocycles. The van der Waals surface area contributed by atoms with Crippen LogP contribution in [-0.4, -0.2) is 33.3 Å². The van der Waals surface area contributed by atoms with E-state index in [0.717, 1.165) is 18.1 Å². The number of amides is 1. The van der Waals surface area contributed by atoms with Crippen molar-refractivity contribution in [3.8, 4) is 0 Å². The molecule has 0 aliphatic heterocycles. The van der Waals surface area contributed by atoms with Crippen molar-refractivity contribution >= 4 is 56.8 Å². The second-order valence-corrected chi connectivity index (χ2v) is 8.95. The second kappa shape index (κ2) is 9.62. The fourth-order valence-corrected chi connectivity index (χ4v) is 4.59. The van der Waals surface area contributed by atoms with Gasteiger partial charge in [0, 0.05) is 29.2 Å². The first kappa shape index (κ1) is 20.2. The summed E-state index contributed by atoms with van der Waals surface area (Å²) in [6.07, 6.45) is 0.927. The number of benzene rings is 1. The topological polar surface area (TPSA) is 110 Å². The Kier molecular flexibility index (Phi) is 6.95. The predicted octanol–water partition coefficient (Wildman–Crippen LogP) is 4.20. The summed E-state index contributed by atoms with van der Waals surface area (Å²) in [5.41, 5.74) is 1.20. The highest BCUT2D eigenvalue weighted by Gasteiger charge is 2.12. The standard InChI is InChI=1S/C17H17N5O3S3/c1-11-9-12(22(24)25)4-5-14(11)19-15(23)10-27-17-21-20-16(28-17)18-7-6-13-3-2-8-26-13/h2-5,8-9H,6-7,10H2,1H3,(H,18,20)(H,19,23). The maximum atomic E-state index is 12.1. The summed E-state index contributed by atoms with van der Waals surface area (Å²) in [6, 6.07) is 8.47. The van der Waals surface area contributed by atoms with Crippen LogP contribution >= 0.6 is 34.4 Å². The zero-order valence-electron chi connectivity index (χ0n) is 14.9. The van der Waals surface area contributed by atoms with Crippen molar-refractivity contribution < 1.29 is 9.72 Å². The number of hydrogen-bond donors (Lipinski definition) is 2. The van der Waals surface area contributed by atoms with Gasteiger partial charge in [-0.3, -0.25) is 14.9 Å². The largest absolute Gasteiger partial charge is 0.360 e. The van der Waals surface area contributed by atoms with Crippen LogP contribution in [0.15, 0.2) is 40.1 Å². The van der Waals surface area contributed by atoms with Crippen LogP contribution in [0.25, 0.3) is 0 Å². The molecule has 0 saturated heterocycles. The number of carbonyl (C=O) groups is 1. The lowest BCUT2D eigenvalue weighted by atomic mass is 10.2. The fourth-order valence-electron chi connectivity index (χ4n) is 2.30. The molecule has 3 aromatic rings. The molecule has 0 radical (unpaired) electrons. The van der Waals surface area contributed by atoms with Crippen LogP contribution in [-0.2, 0) is 11.2 Å². The summed E-state index contributed by atoms with van der Waals surface area (Å²) >= 11 is 4.43. The van der Waals surface area contributed by atoms with E-state index in [2.05, 4.69) is 32.3 Å². The normalized spacial score (nSPS) is 10.6. The summed E-state index contributed by atoms with van der Waals surface area (Å²) in [6.45, 7) is 2.49. The molecule has 8 nitrogen and oxygen atoms in total. The Morgan fingerprint density at radius 1 is 1.32 bits per heavy atom. The van der Waals surface area contributed by atoms with Gasteiger partial charge in [-0.15, -0.1) is 21.5 Å². The average molecular weight is 436 g/mol. The van der Waals surface area contributed by atoms with Crippen molar-refractivity contribution in [3.05, 3.63) is 56.3 Å². The van der Waals surface area contributed by atoms with E-state index in [0.29, 0.717) is 15.6 Å². The SMILES string of the molecule is Cc1cc([N+](=O)[O-])ccc1NC(=O)CSc1nnc(NCCc2cccs2)s1. The van der Waals surface area contributed by atoms with Gasteiger partial charge in [0.1, 0.15) is 0 Å². The lowest BCUT2D eigenvalue weighted by Crippen LogP contribution is -2.14. The molecule has 0 atom stereocenters. The molecule has 11 heteroatoms. The Hall–Kier alpha value is -2.50. The Bertz CT molecular complexity index is 959. The molecule has 146 valence electrons. The first-order chi connectivity index (χ1) is 13.5. The summed E-state index contributed by atoms with van der Waals surface area (Å²) in [4.78, 5) is 23.8. The van der Waals surface area contributed by atoms with Gasteiger partial charge in [0.25, 0.3) is 5.69 Å². The van der Waals surface area contributed by atoms with Crippen molar-refractivity contribution in [1.29, 1.82) is 0 Å². The molecule has 1 aromatic carbocycles. The molecule has 2 aromatic heterocycles. The van der Waals surface area contributed by atoms with Crippen molar-refractivity contribution in [3.63, 3.8) is 0 Å². The number of nitro benzene ring substituents is 1. The van der Waals surface area contributed by atoms with E-state index in [1.165, 1.54) is 46.2 Å². The van der Waals surface area contributed by atoms with E-state index >= 15 is 0 Å². The zero-order valence-corrected chi connectivity index (χ0v) is 17.3. The Morgan fingerprint density at radius 3 is 2.89 bits per heavy atom. The number of anilines is 2. The maximum absolute atomic E-state index is 12.1. The third-order valence-corrected chi connectivity index (χ3v) is 6.61. The van der Waals surface area contributed by atoms with E-state index in [4.69, 9.17) is 0 Å². The number of thiophene rings is 1. The van der Waals surface area contributed by atoms with Crippen LogP contribution < -0.4 is 10.6 Å². The summed E-state index contributed by atoms with van der Waals surface area (Å²) < 4.78 is 0.703. The molecule has 2 N–H and O–H groups in total. The van der Waals surface area contributed by atoms with Gasteiger partial charge in [0.15, 0.2) is 4.34 Å². The molecule has 3 rings (SSSR count). The molecule has 0 unspecified atom stereocenters. The molecule has 0 bridgehead atoms. The summed E-state index contributed by atoms with van der Waals surface area (Å²) in [5, 5.41) is 27.7. The van der Waals surface area contributed by atoms with Crippen LogP contribution in [0.4, 0.5) is 16.5 Å². The van der Waals surface area contributed by atoms with Crippen molar-refractivity contribution in [2.75, 3.05) is 22.9 Å². The van der Waals surface area contributed by atoms with Gasteiger partial charge in [-0.05, 0) is 36.4 Å². The first-order valence-electron chi connectivity index (χ1n) is 8.29. The van der Waals surface area contributed by atoms with Gasteiger partial charge in [0.05, 0.1) is 10.7 Å². The fraction of sp³-hybridized carbons (Fsp3) is 0.235. The summed E-state index contributed by atoms with van der Waals surface area (Å²) in [5.74, 6) is -0.0235. The highest BCUT2D eigenvalue weighted by atomic mass is 32.2. The molecule has 0 aliphatic carbocycles. The number of nitrogens with zero attached hydrogens (tertiary/aromatic N) is 3. The zero-order chi connectivity index (χ0) is 19.9. The van der Waals surface area contributed by atoms with Crippen LogP contribution in [0, 0.1) is 17.0 Å². The van der Waals surface area contributed by atoms with Gasteiger partial charge in [-0.25, -0.2) is 0 Å². The molecular weight excluding hydrogens is 418 g/mol. The molecular formula is C17H17N5O3S3. The quantitative estimate of drug-likeness (QED) is 0.294. The minimum atomic E-state index is -0.462. The Morgan fingerprint density at radius 2 is 2.18 bits per heavy atom. The third kappa shape index (κ3) is 5.75. The van der Waals surface area contributed by atoms with E-state index in [-0.39, 0.29) is 17.3 Å². The monoisotopic (exact) mass is 435 g/mol. The van der Waals surface area contributed by atoms with Crippen molar-refractivity contribution in [2.24, 2.45) is 0 Å². The lowest BCUT2D eigenvalue weighted by Gasteiger charge is -2.07. The number of rotatable bonds is 9. The number of hydrogen-bond acceptors (Lipinski definition) is 9. The van der Waals surface area contributed by atoms with E-state index < -0.39 is 4.92 Å². The summed E-state index contributed by atoms with van der Waals surface area (Å²) in [7, 11) is 0. The Balaban J connectivity index is 1.44. The van der Waals surface area contributed by atoms with Crippen LogP contribution in [0.1, 0.15) is 10.4 Å². The maximum Gasteiger partial charge on any atom is 0.269 e. The van der Waals surface area contributed by atoms with Gasteiger partial charge < -0.3 is 10.6 Å². The highest BCUT2D eigenvalue weighted by molar-refractivity contribution is 8.01. The molecule has 0 aliphatic rings. The second-order valence-electron chi connectivity index (χ2n) is 5.72. The highest BCUT2D eigenvalue weighted by Crippen LogP contribution is 2.26. The number of non-ortho nitro benzene ring substituents is 1. The Labute approximate surface area is 173 Å². The number of aryl methyl sites for hydroxylation is 1. The lowest BCUT2D eigenvalue weighted by molar-refractivity contribution is -0.384. The third-order valence-electron chi connectivity index (χ3n) is 3.66. The molecule has 1 amide bonds. The molecule has 0 saturated carbocycles. The van der Waals surface area contributed by atoms with Gasteiger partial charge in [0.2, 0.25) is 11.0 Å². The van der Waals surface area contributed by atoms with Crippen LogP contribution in [0.2, 0.25) is 0 Å². The number of nitrogens with one attached hydrogen (secondary N) is 2. The number of thioether (sulfide) groups is 1. The number of nitro groups is 1. The minimum absolute atomic E-state index is 0.00200. The number of aromatic nitrogens is 2. The van der Waals surface area contributed by atoms with E-state index in [1.54, 1.807) is 18.3 Å². The van der Waals surface area contributed by atoms with E-state index in [9.17, 15) is 14.9 Å². The van der Waals surface area contributed by atoms with Gasteiger partial charge in [-0.2, -0.15) is 0 Å². The van der Waals surface area contributed by atoms with Crippen molar-refractivity contribution in [2.45, 2.75) is 17.7 Å². The predicted molar refractivity (Wildman–Crippen MR) is 114 cm³/mol. The van der Waals surface area contributed by atoms with Crippen LogP contribution in [0.3, 0.4) is 0 Å². The molecule has 28 heavy (non-hydrogen) atoms. The van der Waals surface area contributed by atoms with E-state index in [1.807, 2.05) is 6.07 Å². The van der Waals surface area contributed by atoms with Crippen molar-refractivity contribution in [1.82, 2.24) is 10.2 Å². The van der Waals surface area contributed by atoms with Crippen LogP contribution in [0.5, 0.6) is 0 Å². The van der Waals surface area contributed by atoms with Gasteiger partial charge >= 0.3 is 0 Å². The van der Waals surface area contributed by atoms with Gasteiger partial charge in [-0.1, -0.05) is 29.2 Å². The smallest absolute Gasteiger partial charge is 0.269 e. The molecule has 0 spiro atoms. The number of carbonyl (C=O) groups excluding carboxylic acids is 1. The average Bonchev–Trinajstić information content (AvgIpc) is 3.34.